The summed E-state index contributed by atoms with van der Waals surface area (Å²) in [6.07, 6.45) is 0.262. The number of carbonyl (C=O) groups excluding carboxylic acids is 2. The number of carbonyl (C=O) groups is 2. The Morgan fingerprint density at radius 3 is 2.24 bits per heavy atom. The molecular formula is C15H16BrN3O2. The molecule has 2 rings (SSSR count). The van der Waals surface area contributed by atoms with E-state index in [1.165, 1.54) is 0 Å². The third-order valence-corrected chi connectivity index (χ3v) is 4.29. The predicted molar refractivity (Wildman–Crippen MR) is 81.2 cm³/mol. The van der Waals surface area contributed by atoms with Gasteiger partial charge in [0.05, 0.1) is 12.5 Å². The predicted octanol–water partition coefficient (Wildman–Crippen LogP) is 1.58. The van der Waals surface area contributed by atoms with Gasteiger partial charge in [0, 0.05) is 30.7 Å². The van der Waals surface area contributed by atoms with Gasteiger partial charge in [-0.2, -0.15) is 5.26 Å². The first-order valence-electron chi connectivity index (χ1n) is 6.77. The molecular weight excluding hydrogens is 334 g/mol. The molecule has 0 aromatic heterocycles. The van der Waals surface area contributed by atoms with E-state index in [4.69, 9.17) is 5.26 Å². The normalized spacial score (nSPS) is 14.7. The van der Waals surface area contributed by atoms with Crippen molar-refractivity contribution in [3.8, 4) is 6.07 Å². The smallest absolute Gasteiger partial charge is 0.236 e. The fourth-order valence-corrected chi connectivity index (χ4v) is 2.73. The topological polar surface area (TPSA) is 64.4 Å². The molecule has 1 heterocycles. The third kappa shape index (κ3) is 4.05. The van der Waals surface area contributed by atoms with Crippen LogP contribution in [0.15, 0.2) is 28.7 Å². The standard InChI is InChI=1S/C15H16BrN3O2/c16-13-4-2-1-3-12(13)11-15(21)19-9-7-18(8-10-19)14(20)5-6-17/h1-4H,5,7-11H2. The highest BCUT2D eigenvalue weighted by molar-refractivity contribution is 9.10. The second-order valence-corrected chi connectivity index (χ2v) is 5.72. The van der Waals surface area contributed by atoms with Gasteiger partial charge >= 0.3 is 0 Å². The Morgan fingerprint density at radius 1 is 1.10 bits per heavy atom. The molecule has 1 fully saturated rings. The summed E-state index contributed by atoms with van der Waals surface area (Å²) >= 11 is 3.44. The van der Waals surface area contributed by atoms with Gasteiger partial charge in [-0.15, -0.1) is 0 Å². The summed E-state index contributed by atoms with van der Waals surface area (Å²) in [5, 5.41) is 8.53. The van der Waals surface area contributed by atoms with Gasteiger partial charge in [-0.1, -0.05) is 34.1 Å². The molecule has 110 valence electrons. The lowest BCUT2D eigenvalue weighted by atomic mass is 10.1. The van der Waals surface area contributed by atoms with E-state index in [0.29, 0.717) is 32.6 Å². The summed E-state index contributed by atoms with van der Waals surface area (Å²) in [4.78, 5) is 27.3. The molecule has 0 bridgehead atoms. The zero-order valence-corrected chi connectivity index (χ0v) is 13.2. The van der Waals surface area contributed by atoms with E-state index in [1.54, 1.807) is 9.80 Å². The summed E-state index contributed by atoms with van der Waals surface area (Å²) in [6.45, 7) is 2.06. The Balaban J connectivity index is 1.88. The largest absolute Gasteiger partial charge is 0.339 e. The van der Waals surface area contributed by atoms with E-state index < -0.39 is 0 Å². The van der Waals surface area contributed by atoms with Crippen molar-refractivity contribution < 1.29 is 9.59 Å². The molecule has 21 heavy (non-hydrogen) atoms. The average molecular weight is 350 g/mol. The summed E-state index contributed by atoms with van der Waals surface area (Å²) in [5.74, 6) is -0.0929. The fourth-order valence-electron chi connectivity index (χ4n) is 2.30. The number of amides is 2. The molecule has 5 nitrogen and oxygen atoms in total. The Morgan fingerprint density at radius 2 is 1.67 bits per heavy atom. The summed E-state index contributed by atoms with van der Waals surface area (Å²) < 4.78 is 0.932. The SMILES string of the molecule is N#CCC(=O)N1CCN(C(=O)Cc2ccccc2Br)CC1. The highest BCUT2D eigenvalue weighted by Crippen LogP contribution is 2.17. The van der Waals surface area contributed by atoms with E-state index in [1.807, 2.05) is 30.3 Å². The number of nitriles is 1. The molecule has 0 unspecified atom stereocenters. The minimum atomic E-state index is -0.157. The molecule has 2 amide bonds. The van der Waals surface area contributed by atoms with Crippen LogP contribution < -0.4 is 0 Å². The van der Waals surface area contributed by atoms with Crippen LogP contribution in [-0.4, -0.2) is 47.8 Å². The van der Waals surface area contributed by atoms with Crippen molar-refractivity contribution in [3.63, 3.8) is 0 Å². The second kappa shape index (κ2) is 7.23. The van der Waals surface area contributed by atoms with Crippen LogP contribution in [0.1, 0.15) is 12.0 Å². The highest BCUT2D eigenvalue weighted by atomic mass is 79.9. The van der Waals surface area contributed by atoms with Gasteiger partial charge in [0.2, 0.25) is 11.8 Å². The Kier molecular flexibility index (Phi) is 5.34. The van der Waals surface area contributed by atoms with E-state index in [2.05, 4.69) is 15.9 Å². The molecule has 1 aromatic rings. The van der Waals surface area contributed by atoms with Crippen LogP contribution in [0.3, 0.4) is 0 Å². The second-order valence-electron chi connectivity index (χ2n) is 4.86. The van der Waals surface area contributed by atoms with Crippen LogP contribution >= 0.6 is 15.9 Å². The van der Waals surface area contributed by atoms with Crippen molar-refractivity contribution in [1.29, 1.82) is 5.26 Å². The molecule has 0 saturated carbocycles. The van der Waals surface area contributed by atoms with Gasteiger partial charge in [0.15, 0.2) is 0 Å². The zero-order valence-electron chi connectivity index (χ0n) is 11.6. The number of hydrogen-bond donors (Lipinski definition) is 0. The lowest BCUT2D eigenvalue weighted by Gasteiger charge is -2.34. The zero-order chi connectivity index (χ0) is 15.2. The van der Waals surface area contributed by atoms with Crippen LogP contribution in [-0.2, 0) is 16.0 Å². The average Bonchev–Trinajstić information content (AvgIpc) is 2.50. The van der Waals surface area contributed by atoms with E-state index in [-0.39, 0.29) is 18.2 Å². The monoisotopic (exact) mass is 349 g/mol. The Labute approximate surface area is 132 Å². The maximum Gasteiger partial charge on any atom is 0.236 e. The van der Waals surface area contributed by atoms with E-state index >= 15 is 0 Å². The van der Waals surface area contributed by atoms with Crippen molar-refractivity contribution in [2.45, 2.75) is 12.8 Å². The number of nitrogens with zero attached hydrogens (tertiary/aromatic N) is 3. The minimum absolute atomic E-state index is 0.0642. The van der Waals surface area contributed by atoms with Crippen LogP contribution in [0.25, 0.3) is 0 Å². The van der Waals surface area contributed by atoms with Crippen molar-refractivity contribution in [3.05, 3.63) is 34.3 Å². The van der Waals surface area contributed by atoms with Crippen molar-refractivity contribution in [2.75, 3.05) is 26.2 Å². The molecule has 0 N–H and O–H groups in total. The van der Waals surface area contributed by atoms with Gasteiger partial charge in [0.25, 0.3) is 0 Å². The third-order valence-electron chi connectivity index (χ3n) is 3.51. The van der Waals surface area contributed by atoms with Crippen LogP contribution in [0.2, 0.25) is 0 Å². The highest BCUT2D eigenvalue weighted by Gasteiger charge is 2.24. The van der Waals surface area contributed by atoms with Gasteiger partial charge < -0.3 is 9.80 Å². The van der Waals surface area contributed by atoms with Gasteiger partial charge in [-0.25, -0.2) is 0 Å². The molecule has 1 aliphatic heterocycles. The Bertz CT molecular complexity index is 575. The van der Waals surface area contributed by atoms with E-state index in [9.17, 15) is 9.59 Å². The summed E-state index contributed by atoms with van der Waals surface area (Å²) in [6, 6.07) is 9.53. The van der Waals surface area contributed by atoms with Gasteiger partial charge in [-0.05, 0) is 11.6 Å². The van der Waals surface area contributed by atoms with Gasteiger partial charge in [0.1, 0.15) is 6.42 Å². The molecule has 6 heteroatoms. The van der Waals surface area contributed by atoms with Crippen LogP contribution in [0, 0.1) is 11.3 Å². The Hall–Kier alpha value is -1.87. The number of rotatable bonds is 3. The number of benzene rings is 1. The van der Waals surface area contributed by atoms with Gasteiger partial charge in [-0.3, -0.25) is 9.59 Å². The molecule has 1 saturated heterocycles. The summed E-state index contributed by atoms with van der Waals surface area (Å²) in [5.41, 5.74) is 0.963. The van der Waals surface area contributed by atoms with Crippen molar-refractivity contribution in [2.24, 2.45) is 0 Å². The van der Waals surface area contributed by atoms with Crippen molar-refractivity contribution in [1.82, 2.24) is 9.80 Å². The quantitative estimate of drug-likeness (QED) is 0.831. The fraction of sp³-hybridized carbons (Fsp3) is 0.400. The number of hydrogen-bond acceptors (Lipinski definition) is 3. The molecule has 0 atom stereocenters. The molecule has 1 aromatic carbocycles. The molecule has 0 radical (unpaired) electrons. The first kappa shape index (κ1) is 15.5. The van der Waals surface area contributed by atoms with Crippen LogP contribution in [0.5, 0.6) is 0 Å². The molecule has 1 aliphatic rings. The lowest BCUT2D eigenvalue weighted by Crippen LogP contribution is -2.50. The summed E-state index contributed by atoms with van der Waals surface area (Å²) in [7, 11) is 0. The lowest BCUT2D eigenvalue weighted by molar-refractivity contribution is -0.138. The van der Waals surface area contributed by atoms with Crippen molar-refractivity contribution >= 4 is 27.7 Å². The van der Waals surface area contributed by atoms with E-state index in [0.717, 1.165) is 10.0 Å². The molecule has 0 aliphatic carbocycles. The first-order valence-corrected chi connectivity index (χ1v) is 7.57. The number of piperazine rings is 1. The molecule has 0 spiro atoms. The maximum atomic E-state index is 12.3. The maximum absolute atomic E-state index is 12.3. The first-order chi connectivity index (χ1) is 10.1. The number of halogens is 1. The van der Waals surface area contributed by atoms with Crippen LogP contribution in [0.4, 0.5) is 0 Å². The minimum Gasteiger partial charge on any atom is -0.339 e.